The summed E-state index contributed by atoms with van der Waals surface area (Å²) >= 11 is 0. The summed E-state index contributed by atoms with van der Waals surface area (Å²) in [6.07, 6.45) is -7.01. The second-order valence-electron chi connectivity index (χ2n) is 6.64. The molecule has 2 aromatic rings. The highest BCUT2D eigenvalue weighted by Crippen LogP contribution is 2.23. The van der Waals surface area contributed by atoms with Crippen LogP contribution in [0.2, 0.25) is 0 Å². The molecule has 0 bridgehead atoms. The normalized spacial score (nSPS) is 15.7. The van der Waals surface area contributed by atoms with E-state index in [0.717, 1.165) is 5.69 Å². The molecule has 0 saturated heterocycles. The molecule has 29 heavy (non-hydrogen) atoms. The standard InChI is InChI=1S/C20H27FN4O4/c1-22-13-3-5-14(6-4-13)23-24-15-7-9-16(10-8-15)25(2)11-17(21)19(28)20(29)18(27)12-26/h3-10,17-20,22,26-29H,11-12H2,1-2H3/b24-23+. The van der Waals surface area contributed by atoms with E-state index in [-0.39, 0.29) is 6.54 Å². The van der Waals surface area contributed by atoms with Gasteiger partial charge in [0, 0.05) is 25.5 Å². The minimum atomic E-state index is -1.82. The lowest BCUT2D eigenvalue weighted by atomic mass is 10.0. The quantitative estimate of drug-likeness (QED) is 0.385. The van der Waals surface area contributed by atoms with Crippen molar-refractivity contribution in [1.29, 1.82) is 0 Å². The van der Waals surface area contributed by atoms with Crippen LogP contribution >= 0.6 is 0 Å². The SMILES string of the molecule is CNc1ccc(/N=N/c2ccc(N(C)CC(F)C(O)C(O)C(O)CO)cc2)cc1. The van der Waals surface area contributed by atoms with Crippen LogP contribution in [-0.2, 0) is 0 Å². The van der Waals surface area contributed by atoms with Crippen LogP contribution < -0.4 is 10.2 Å². The number of rotatable bonds is 10. The van der Waals surface area contributed by atoms with E-state index in [1.807, 2.05) is 31.3 Å². The van der Waals surface area contributed by atoms with Crippen LogP contribution in [0.3, 0.4) is 0 Å². The summed E-state index contributed by atoms with van der Waals surface area (Å²) in [7, 11) is 3.47. The Kier molecular flexibility index (Phi) is 8.47. The Balaban J connectivity index is 1.95. The molecule has 2 rings (SSSR count). The number of anilines is 2. The van der Waals surface area contributed by atoms with Gasteiger partial charge in [-0.25, -0.2) is 4.39 Å². The maximum absolute atomic E-state index is 14.2. The summed E-state index contributed by atoms with van der Waals surface area (Å²) < 4.78 is 14.2. The van der Waals surface area contributed by atoms with Gasteiger partial charge >= 0.3 is 0 Å². The number of hydrogen-bond donors (Lipinski definition) is 5. The number of alkyl halides is 1. The zero-order chi connectivity index (χ0) is 21.4. The molecular weight excluding hydrogens is 379 g/mol. The van der Waals surface area contributed by atoms with Crippen LogP contribution in [-0.4, -0.2) is 72.2 Å². The van der Waals surface area contributed by atoms with Crippen LogP contribution in [0.4, 0.5) is 27.1 Å². The van der Waals surface area contributed by atoms with Crippen LogP contribution in [0, 0.1) is 0 Å². The van der Waals surface area contributed by atoms with Crippen molar-refractivity contribution in [3.05, 3.63) is 48.5 Å². The van der Waals surface area contributed by atoms with Crippen LogP contribution in [0.5, 0.6) is 0 Å². The molecule has 0 heterocycles. The topological polar surface area (TPSA) is 121 Å². The fraction of sp³-hybridized carbons (Fsp3) is 0.400. The molecule has 0 radical (unpaired) electrons. The Morgan fingerprint density at radius 1 is 0.931 bits per heavy atom. The molecule has 0 aliphatic carbocycles. The first-order valence-electron chi connectivity index (χ1n) is 9.15. The molecule has 0 saturated carbocycles. The third kappa shape index (κ3) is 6.47. The molecule has 4 atom stereocenters. The van der Waals surface area contributed by atoms with E-state index in [9.17, 15) is 19.7 Å². The van der Waals surface area contributed by atoms with E-state index < -0.39 is 31.1 Å². The van der Waals surface area contributed by atoms with Crippen LogP contribution in [0.15, 0.2) is 58.8 Å². The molecule has 0 aliphatic heterocycles. The van der Waals surface area contributed by atoms with E-state index in [1.165, 1.54) is 0 Å². The second-order valence-corrected chi connectivity index (χ2v) is 6.64. The highest BCUT2D eigenvalue weighted by atomic mass is 19.1. The first-order chi connectivity index (χ1) is 13.8. The van der Waals surface area contributed by atoms with Gasteiger partial charge in [-0.05, 0) is 48.5 Å². The number of aliphatic hydroxyl groups is 4. The minimum Gasteiger partial charge on any atom is -0.394 e. The zero-order valence-corrected chi connectivity index (χ0v) is 16.4. The monoisotopic (exact) mass is 406 g/mol. The van der Waals surface area contributed by atoms with Gasteiger partial charge in [-0.2, -0.15) is 10.2 Å². The number of hydrogen-bond acceptors (Lipinski definition) is 8. The van der Waals surface area contributed by atoms with Crippen molar-refractivity contribution in [2.24, 2.45) is 10.2 Å². The Bertz CT molecular complexity index is 773. The Morgan fingerprint density at radius 2 is 1.45 bits per heavy atom. The first kappa shape index (κ1) is 22.7. The number of halogens is 1. The third-order valence-corrected chi connectivity index (χ3v) is 4.48. The van der Waals surface area contributed by atoms with Crippen molar-refractivity contribution in [3.8, 4) is 0 Å². The zero-order valence-electron chi connectivity index (χ0n) is 16.4. The summed E-state index contributed by atoms with van der Waals surface area (Å²) in [5, 5.41) is 48.9. The fourth-order valence-corrected chi connectivity index (χ4v) is 2.61. The van der Waals surface area contributed by atoms with Gasteiger partial charge in [-0.3, -0.25) is 0 Å². The summed E-state index contributed by atoms with van der Waals surface area (Å²) in [5.41, 5.74) is 2.99. The van der Waals surface area contributed by atoms with Gasteiger partial charge in [-0.15, -0.1) is 0 Å². The Hall–Kier alpha value is -2.59. The predicted octanol–water partition coefficient (Wildman–Crippen LogP) is 1.99. The average molecular weight is 406 g/mol. The van der Waals surface area contributed by atoms with Gasteiger partial charge in [0.15, 0.2) is 0 Å². The molecule has 0 amide bonds. The Morgan fingerprint density at radius 3 is 1.93 bits per heavy atom. The number of nitrogens with zero attached hydrogens (tertiary/aromatic N) is 3. The average Bonchev–Trinajstić information content (AvgIpc) is 2.76. The number of azo groups is 1. The highest BCUT2D eigenvalue weighted by Gasteiger charge is 2.31. The van der Waals surface area contributed by atoms with Crippen molar-refractivity contribution in [1.82, 2.24) is 0 Å². The molecule has 0 fully saturated rings. The van der Waals surface area contributed by atoms with Gasteiger partial charge in [0.2, 0.25) is 0 Å². The van der Waals surface area contributed by atoms with Gasteiger partial charge in [0.1, 0.15) is 24.5 Å². The lowest BCUT2D eigenvalue weighted by Gasteiger charge is -2.28. The molecular formula is C20H27FN4O4. The fourth-order valence-electron chi connectivity index (χ4n) is 2.61. The second kappa shape index (κ2) is 10.8. The predicted molar refractivity (Wildman–Crippen MR) is 110 cm³/mol. The van der Waals surface area contributed by atoms with Crippen molar-refractivity contribution in [3.63, 3.8) is 0 Å². The maximum Gasteiger partial charge on any atom is 0.146 e. The van der Waals surface area contributed by atoms with E-state index in [2.05, 4.69) is 15.5 Å². The van der Waals surface area contributed by atoms with Gasteiger partial charge in [-0.1, -0.05) is 0 Å². The minimum absolute atomic E-state index is 0.213. The maximum atomic E-state index is 14.2. The number of nitrogens with one attached hydrogen (secondary N) is 1. The molecule has 0 spiro atoms. The third-order valence-electron chi connectivity index (χ3n) is 4.48. The van der Waals surface area contributed by atoms with Crippen molar-refractivity contribution >= 4 is 22.7 Å². The molecule has 4 unspecified atom stereocenters. The van der Waals surface area contributed by atoms with Gasteiger partial charge in [0.05, 0.1) is 24.5 Å². The molecule has 2 aromatic carbocycles. The van der Waals surface area contributed by atoms with Crippen molar-refractivity contribution in [2.45, 2.75) is 24.5 Å². The van der Waals surface area contributed by atoms with E-state index in [1.54, 1.807) is 36.2 Å². The molecule has 0 aliphatic rings. The highest BCUT2D eigenvalue weighted by molar-refractivity contribution is 5.53. The molecule has 158 valence electrons. The van der Waals surface area contributed by atoms with E-state index >= 15 is 0 Å². The van der Waals surface area contributed by atoms with Crippen LogP contribution in [0.1, 0.15) is 0 Å². The molecule has 5 N–H and O–H groups in total. The van der Waals surface area contributed by atoms with Crippen LogP contribution in [0.25, 0.3) is 0 Å². The van der Waals surface area contributed by atoms with Crippen molar-refractivity contribution in [2.75, 3.05) is 37.5 Å². The largest absolute Gasteiger partial charge is 0.394 e. The number of aliphatic hydroxyl groups excluding tert-OH is 4. The summed E-state index contributed by atoms with van der Waals surface area (Å²) in [4.78, 5) is 1.56. The lowest BCUT2D eigenvalue weighted by molar-refractivity contribution is -0.0976. The van der Waals surface area contributed by atoms with E-state index in [0.29, 0.717) is 17.1 Å². The molecule has 9 heteroatoms. The number of benzene rings is 2. The van der Waals surface area contributed by atoms with Gasteiger partial charge < -0.3 is 30.6 Å². The lowest BCUT2D eigenvalue weighted by Crippen LogP contribution is -2.47. The van der Waals surface area contributed by atoms with Crippen molar-refractivity contribution < 1.29 is 24.8 Å². The van der Waals surface area contributed by atoms with E-state index in [4.69, 9.17) is 5.11 Å². The van der Waals surface area contributed by atoms with Gasteiger partial charge in [0.25, 0.3) is 0 Å². The smallest absolute Gasteiger partial charge is 0.146 e. The Labute approximate surface area is 169 Å². The summed E-state index contributed by atoms with van der Waals surface area (Å²) in [6.45, 7) is -0.981. The summed E-state index contributed by atoms with van der Waals surface area (Å²) in [5.74, 6) is 0. The molecule has 8 nitrogen and oxygen atoms in total. The summed E-state index contributed by atoms with van der Waals surface area (Å²) in [6, 6.07) is 14.4. The first-order valence-corrected chi connectivity index (χ1v) is 9.15. The molecule has 0 aromatic heterocycles.